The maximum atomic E-state index is 12.1. The molecule has 1 unspecified atom stereocenters. The van der Waals surface area contributed by atoms with Crippen molar-refractivity contribution in [1.82, 2.24) is 4.98 Å². The third-order valence-corrected chi connectivity index (χ3v) is 4.12. The van der Waals surface area contributed by atoms with Crippen molar-refractivity contribution in [2.75, 3.05) is 12.4 Å². The summed E-state index contributed by atoms with van der Waals surface area (Å²) in [6.07, 6.45) is 1.62. The summed E-state index contributed by atoms with van der Waals surface area (Å²) in [4.78, 5) is 16.3. The second kappa shape index (κ2) is 7.24. The normalized spacial score (nSPS) is 11.8. The number of anilines is 1. The molecule has 0 aliphatic heterocycles. The average Bonchev–Trinajstić information content (AvgIpc) is 2.46. The van der Waals surface area contributed by atoms with E-state index in [-0.39, 0.29) is 0 Å². The van der Waals surface area contributed by atoms with Gasteiger partial charge in [0.05, 0.1) is 23.5 Å². The van der Waals surface area contributed by atoms with E-state index in [2.05, 4.69) is 42.2 Å². The molecule has 0 fully saturated rings. The number of methoxy groups -OCH3 is 1. The number of nitrogens with one attached hydrogen (secondary N) is 1. The van der Waals surface area contributed by atoms with Crippen LogP contribution < -0.4 is 5.32 Å². The summed E-state index contributed by atoms with van der Waals surface area (Å²) in [5.74, 6) is -0.453. The number of carbonyl (C=O) groups is 1. The van der Waals surface area contributed by atoms with Gasteiger partial charge in [-0.3, -0.25) is 4.98 Å². The molecule has 2 rings (SSSR count). The van der Waals surface area contributed by atoms with Gasteiger partial charge in [-0.2, -0.15) is 0 Å². The molecule has 0 radical (unpaired) electrons. The number of hydrogen-bond acceptors (Lipinski definition) is 4. The van der Waals surface area contributed by atoms with Crippen LogP contribution in [0.2, 0.25) is 5.02 Å². The lowest BCUT2D eigenvalue weighted by atomic mass is 10.1. The van der Waals surface area contributed by atoms with Crippen molar-refractivity contribution in [2.24, 2.45) is 0 Å². The van der Waals surface area contributed by atoms with Crippen molar-refractivity contribution < 1.29 is 9.53 Å². The molecule has 0 amide bonds. The van der Waals surface area contributed by atoms with Gasteiger partial charge < -0.3 is 10.1 Å². The number of pyridine rings is 1. The van der Waals surface area contributed by atoms with E-state index in [0.717, 1.165) is 4.47 Å². The maximum absolute atomic E-state index is 12.1. The van der Waals surface area contributed by atoms with E-state index in [1.54, 1.807) is 18.3 Å². The summed E-state index contributed by atoms with van der Waals surface area (Å²) in [7, 11) is 1.33. The van der Waals surface area contributed by atoms with Gasteiger partial charge in [0, 0.05) is 15.1 Å². The summed E-state index contributed by atoms with van der Waals surface area (Å²) in [5.41, 5.74) is 1.15. The van der Waals surface area contributed by atoms with E-state index in [0.29, 0.717) is 20.9 Å². The quantitative estimate of drug-likeness (QED) is 0.716. The molecule has 0 bridgehead atoms. The van der Waals surface area contributed by atoms with Crippen LogP contribution in [0.4, 0.5) is 5.69 Å². The number of aromatic nitrogens is 1. The summed E-state index contributed by atoms with van der Waals surface area (Å²) in [5, 5.41) is 3.57. The summed E-state index contributed by atoms with van der Waals surface area (Å²) in [6, 6.07) is 8.21. The van der Waals surface area contributed by atoms with Gasteiger partial charge in [0.25, 0.3) is 0 Å². The number of nitrogens with zero attached hydrogens (tertiary/aromatic N) is 1. The first-order valence-electron chi connectivity index (χ1n) is 5.92. The van der Waals surface area contributed by atoms with Gasteiger partial charge in [-0.1, -0.05) is 23.7 Å². The third kappa shape index (κ3) is 3.96. The smallest absolute Gasteiger partial charge is 0.334 e. The zero-order valence-corrected chi connectivity index (χ0v) is 14.9. The molecule has 0 saturated heterocycles. The highest BCUT2D eigenvalue weighted by atomic mass is 79.9. The van der Waals surface area contributed by atoms with E-state index < -0.39 is 12.0 Å². The summed E-state index contributed by atoms with van der Waals surface area (Å²) >= 11 is 12.8. The first-order valence-corrected chi connectivity index (χ1v) is 7.89. The molecule has 2 aromatic rings. The van der Waals surface area contributed by atoms with Crippen LogP contribution in [0.15, 0.2) is 45.5 Å². The monoisotopic (exact) mass is 432 g/mol. The highest BCUT2D eigenvalue weighted by Gasteiger charge is 2.25. The number of rotatable bonds is 4. The lowest BCUT2D eigenvalue weighted by molar-refractivity contribution is -0.141. The number of halogens is 3. The van der Waals surface area contributed by atoms with Crippen LogP contribution in [0.25, 0.3) is 0 Å². The Morgan fingerprint density at radius 3 is 2.71 bits per heavy atom. The van der Waals surface area contributed by atoms with E-state index in [9.17, 15) is 4.79 Å². The van der Waals surface area contributed by atoms with Crippen molar-refractivity contribution in [2.45, 2.75) is 6.04 Å². The molecule has 0 aliphatic carbocycles. The molecular weight excluding hydrogens is 423 g/mol. The van der Waals surface area contributed by atoms with E-state index in [4.69, 9.17) is 16.3 Å². The van der Waals surface area contributed by atoms with Crippen molar-refractivity contribution in [3.63, 3.8) is 0 Å². The topological polar surface area (TPSA) is 51.2 Å². The Hall–Kier alpha value is -1.11. The van der Waals surface area contributed by atoms with Crippen molar-refractivity contribution in [1.29, 1.82) is 0 Å². The van der Waals surface area contributed by atoms with Crippen LogP contribution in [-0.2, 0) is 9.53 Å². The molecule has 0 spiro atoms. The van der Waals surface area contributed by atoms with Crippen LogP contribution in [0, 0.1) is 0 Å². The zero-order valence-electron chi connectivity index (χ0n) is 10.9. The molecule has 1 heterocycles. The number of benzene rings is 1. The highest BCUT2D eigenvalue weighted by molar-refractivity contribution is 9.11. The Morgan fingerprint density at radius 2 is 2.10 bits per heavy atom. The van der Waals surface area contributed by atoms with Crippen LogP contribution >= 0.6 is 43.5 Å². The van der Waals surface area contributed by atoms with Crippen LogP contribution in [0.3, 0.4) is 0 Å². The summed E-state index contributed by atoms with van der Waals surface area (Å²) < 4.78 is 6.34. The van der Waals surface area contributed by atoms with Gasteiger partial charge >= 0.3 is 5.97 Å². The van der Waals surface area contributed by atoms with E-state index in [1.807, 2.05) is 18.2 Å². The molecule has 1 aromatic heterocycles. The lowest BCUT2D eigenvalue weighted by Gasteiger charge is -2.19. The highest BCUT2D eigenvalue weighted by Crippen LogP contribution is 2.30. The lowest BCUT2D eigenvalue weighted by Crippen LogP contribution is -2.24. The maximum Gasteiger partial charge on any atom is 0.334 e. The predicted molar refractivity (Wildman–Crippen MR) is 89.5 cm³/mol. The fourth-order valence-electron chi connectivity index (χ4n) is 1.73. The molecular formula is C14H11Br2ClN2O2. The Morgan fingerprint density at radius 1 is 1.38 bits per heavy atom. The minimum atomic E-state index is -0.766. The molecule has 7 heteroatoms. The van der Waals surface area contributed by atoms with Gasteiger partial charge in [0.15, 0.2) is 6.04 Å². The minimum absolute atomic E-state index is 0.453. The molecule has 0 saturated carbocycles. The zero-order chi connectivity index (χ0) is 15.4. The molecule has 4 nitrogen and oxygen atoms in total. The molecule has 110 valence electrons. The summed E-state index contributed by atoms with van der Waals surface area (Å²) in [6.45, 7) is 0. The Labute approximate surface area is 144 Å². The number of carbonyl (C=O) groups excluding carboxylic acids is 1. The van der Waals surface area contributed by atoms with Gasteiger partial charge in [0.2, 0.25) is 0 Å². The molecule has 1 aromatic carbocycles. The number of para-hydroxylation sites is 1. The van der Waals surface area contributed by atoms with Crippen molar-refractivity contribution >= 4 is 55.1 Å². The third-order valence-electron chi connectivity index (χ3n) is 2.72. The van der Waals surface area contributed by atoms with E-state index in [1.165, 1.54) is 7.11 Å². The van der Waals surface area contributed by atoms with Gasteiger partial charge in [-0.15, -0.1) is 0 Å². The molecule has 21 heavy (non-hydrogen) atoms. The predicted octanol–water partition coefficient (Wildman–Crippen LogP) is 4.59. The SMILES string of the molecule is COC(=O)C(Nc1ccccc1Cl)c1ncc(Br)cc1Br. The average molecular weight is 435 g/mol. The van der Waals surface area contributed by atoms with Crippen LogP contribution in [0.5, 0.6) is 0 Å². The Bertz CT molecular complexity index is 667. The van der Waals surface area contributed by atoms with Gasteiger partial charge in [-0.25, -0.2) is 4.79 Å². The second-order valence-electron chi connectivity index (χ2n) is 4.10. The van der Waals surface area contributed by atoms with Crippen LogP contribution in [-0.4, -0.2) is 18.1 Å². The molecule has 0 aliphatic rings. The largest absolute Gasteiger partial charge is 0.467 e. The second-order valence-corrected chi connectivity index (χ2v) is 6.28. The Kier molecular flexibility index (Phi) is 5.61. The standard InChI is InChI=1S/C14H11Br2ClN2O2/c1-21-14(20)13(12-9(16)6-8(15)7-18-12)19-11-5-3-2-4-10(11)17/h2-7,13,19H,1H3. The number of ether oxygens (including phenoxy) is 1. The van der Waals surface area contributed by atoms with E-state index >= 15 is 0 Å². The van der Waals surface area contributed by atoms with Crippen molar-refractivity contribution in [3.05, 3.63) is 56.2 Å². The first kappa shape index (κ1) is 16.3. The molecule has 1 atom stereocenters. The number of esters is 1. The van der Waals surface area contributed by atoms with Gasteiger partial charge in [0.1, 0.15) is 0 Å². The minimum Gasteiger partial charge on any atom is -0.467 e. The van der Waals surface area contributed by atoms with Gasteiger partial charge in [-0.05, 0) is 50.1 Å². The molecule has 1 N–H and O–H groups in total. The fourth-order valence-corrected chi connectivity index (χ4v) is 3.13. The first-order chi connectivity index (χ1) is 10.0. The van der Waals surface area contributed by atoms with Crippen molar-refractivity contribution in [3.8, 4) is 0 Å². The number of hydrogen-bond donors (Lipinski definition) is 1. The fraction of sp³-hybridized carbons (Fsp3) is 0.143. The Balaban J connectivity index is 2.40. The van der Waals surface area contributed by atoms with Crippen LogP contribution in [0.1, 0.15) is 11.7 Å².